The Balaban J connectivity index is 2.41. The van der Waals surface area contributed by atoms with Crippen molar-refractivity contribution in [2.24, 2.45) is 0 Å². The van der Waals surface area contributed by atoms with Crippen molar-refractivity contribution in [1.82, 2.24) is 0 Å². The molecule has 2 unspecified atom stereocenters. The molecule has 1 fully saturated rings. The van der Waals surface area contributed by atoms with E-state index in [9.17, 15) is 37.9 Å². The lowest BCUT2D eigenvalue weighted by atomic mass is 10.00. The Morgan fingerprint density at radius 2 is 0.929 bits per heavy atom. The van der Waals surface area contributed by atoms with Crippen LogP contribution in [0.3, 0.4) is 0 Å². The highest BCUT2D eigenvalue weighted by molar-refractivity contribution is 7.85. The minimum atomic E-state index is -4.62. The molecular formula is C57H96O12S. The second-order valence-electron chi connectivity index (χ2n) is 18.5. The fourth-order valence-corrected chi connectivity index (χ4v) is 8.52. The molecule has 0 radical (unpaired) electrons. The summed E-state index contributed by atoms with van der Waals surface area (Å²) in [6.45, 7) is 3.59. The third-order valence-corrected chi connectivity index (χ3v) is 12.7. The SMILES string of the molecule is CC/C=C/C/C=C/C/C=C/C/C=C/C/C=C/C/C=C/CCC(=O)OC[C@H](CO[C@H]1O[C@H](CS(=O)(=O)O)[C@@H](O)C(O)C1O)OC(=O)CCC/C=C/CCCCCCCCCCCCCCCCCCCC. The van der Waals surface area contributed by atoms with Crippen LogP contribution in [0, 0.1) is 0 Å². The maximum absolute atomic E-state index is 12.9. The van der Waals surface area contributed by atoms with Crippen molar-refractivity contribution in [3.8, 4) is 0 Å². The van der Waals surface area contributed by atoms with Crippen LogP contribution in [0.2, 0.25) is 0 Å². The minimum absolute atomic E-state index is 0.0847. The predicted octanol–water partition coefficient (Wildman–Crippen LogP) is 12.8. The molecule has 0 aromatic carbocycles. The summed E-state index contributed by atoms with van der Waals surface area (Å²) < 4.78 is 54.2. The monoisotopic (exact) mass is 1000 g/mol. The summed E-state index contributed by atoms with van der Waals surface area (Å²) in [5.41, 5.74) is 0. The number of aliphatic hydroxyl groups excluding tert-OH is 3. The van der Waals surface area contributed by atoms with E-state index in [0.717, 1.165) is 51.4 Å². The molecule has 1 aliphatic rings. The second-order valence-corrected chi connectivity index (χ2v) is 20.0. The van der Waals surface area contributed by atoms with E-state index in [1.165, 1.54) is 109 Å². The van der Waals surface area contributed by atoms with E-state index in [2.05, 4.69) is 86.8 Å². The van der Waals surface area contributed by atoms with Gasteiger partial charge in [-0.3, -0.25) is 14.1 Å². The lowest BCUT2D eigenvalue weighted by molar-refractivity contribution is -0.297. The van der Waals surface area contributed by atoms with Gasteiger partial charge in [0.1, 0.15) is 36.8 Å². The fourth-order valence-electron chi connectivity index (χ4n) is 7.83. The molecular weight excluding hydrogens is 909 g/mol. The molecule has 402 valence electrons. The molecule has 70 heavy (non-hydrogen) atoms. The summed E-state index contributed by atoms with van der Waals surface area (Å²) in [6, 6.07) is 0. The normalized spacial score (nSPS) is 19.7. The average Bonchev–Trinajstić information content (AvgIpc) is 3.33. The second kappa shape index (κ2) is 45.7. The molecule has 1 heterocycles. The number of hydrogen-bond donors (Lipinski definition) is 4. The molecule has 12 nitrogen and oxygen atoms in total. The Morgan fingerprint density at radius 3 is 1.40 bits per heavy atom. The highest BCUT2D eigenvalue weighted by Crippen LogP contribution is 2.24. The zero-order chi connectivity index (χ0) is 51.2. The molecule has 0 bridgehead atoms. The first-order valence-electron chi connectivity index (χ1n) is 27.1. The number of allylic oxidation sites excluding steroid dienone is 14. The fraction of sp³-hybridized carbons (Fsp3) is 0.719. The van der Waals surface area contributed by atoms with Crippen LogP contribution in [-0.4, -0.2) is 96.0 Å². The number of esters is 2. The van der Waals surface area contributed by atoms with Crippen LogP contribution in [0.5, 0.6) is 0 Å². The van der Waals surface area contributed by atoms with Crippen LogP contribution in [0.25, 0.3) is 0 Å². The molecule has 0 spiro atoms. The maximum atomic E-state index is 12.9. The Labute approximate surface area is 424 Å². The molecule has 0 aliphatic carbocycles. The van der Waals surface area contributed by atoms with Gasteiger partial charge in [0.15, 0.2) is 12.4 Å². The topological polar surface area (TPSA) is 186 Å². The molecule has 0 saturated carbocycles. The Bertz CT molecular complexity index is 1600. The molecule has 0 aromatic rings. The predicted molar refractivity (Wildman–Crippen MR) is 284 cm³/mol. The molecule has 1 aliphatic heterocycles. The van der Waals surface area contributed by atoms with Crippen LogP contribution >= 0.6 is 0 Å². The van der Waals surface area contributed by atoms with Gasteiger partial charge < -0.3 is 34.3 Å². The van der Waals surface area contributed by atoms with Gasteiger partial charge in [-0.15, -0.1) is 0 Å². The highest BCUT2D eigenvalue weighted by atomic mass is 32.2. The standard InChI is InChI=1S/C57H96O12S/c1-3-5-7-9-11-13-15-17-19-21-23-24-25-26-28-30-32-34-36-38-40-42-44-46-53(59)68-50(48-67-57-56(62)55(61)54(60)51(69-57)49-70(63,64)65)47-66-52(58)45-43-41-39-37-35-33-31-29-27-22-20-18-16-14-12-10-8-6-4-2/h6,8,12,14,18,20,27,29,33,35,38-41,50-51,54-57,60-62H,3-5,7,9-11,13,15-17,19,21-26,28,30-32,34,36-37,42-49H2,1-2H3,(H,63,64,65)/b8-6+,14-12+,20-18+,29-27+,35-33+,40-38+,41-39+/t50-,51-,54-,55?,56?,57+/m1/s1. The van der Waals surface area contributed by atoms with Gasteiger partial charge >= 0.3 is 11.9 Å². The van der Waals surface area contributed by atoms with Crippen LogP contribution in [-0.2, 0) is 38.7 Å². The Kier molecular flexibility index (Phi) is 42.3. The van der Waals surface area contributed by atoms with Crippen molar-refractivity contribution in [3.63, 3.8) is 0 Å². The quantitative estimate of drug-likeness (QED) is 0.0196. The Morgan fingerprint density at radius 1 is 0.500 bits per heavy atom. The van der Waals surface area contributed by atoms with Gasteiger partial charge in [-0.05, 0) is 70.6 Å². The van der Waals surface area contributed by atoms with E-state index >= 15 is 0 Å². The van der Waals surface area contributed by atoms with Crippen LogP contribution in [0.15, 0.2) is 85.1 Å². The average molecular weight is 1010 g/mol. The smallest absolute Gasteiger partial charge is 0.306 e. The van der Waals surface area contributed by atoms with Crippen molar-refractivity contribution in [2.75, 3.05) is 19.0 Å². The highest BCUT2D eigenvalue weighted by Gasteiger charge is 2.46. The van der Waals surface area contributed by atoms with Crippen LogP contribution in [0.1, 0.15) is 206 Å². The van der Waals surface area contributed by atoms with Gasteiger partial charge in [-0.25, -0.2) is 0 Å². The van der Waals surface area contributed by atoms with E-state index in [1.807, 2.05) is 12.2 Å². The minimum Gasteiger partial charge on any atom is -0.462 e. The first-order chi connectivity index (χ1) is 34.0. The molecule has 4 N–H and O–H groups in total. The van der Waals surface area contributed by atoms with Crippen molar-refractivity contribution in [1.29, 1.82) is 0 Å². The van der Waals surface area contributed by atoms with Crippen molar-refractivity contribution in [2.45, 2.75) is 243 Å². The van der Waals surface area contributed by atoms with Crippen molar-refractivity contribution >= 4 is 22.1 Å². The van der Waals surface area contributed by atoms with Crippen LogP contribution in [0.4, 0.5) is 0 Å². The van der Waals surface area contributed by atoms with Crippen LogP contribution < -0.4 is 0 Å². The van der Waals surface area contributed by atoms with Gasteiger partial charge in [0.2, 0.25) is 0 Å². The van der Waals surface area contributed by atoms with E-state index < -0.39 is 71.2 Å². The molecule has 0 aromatic heterocycles. The van der Waals surface area contributed by atoms with Crippen molar-refractivity contribution < 1.29 is 56.8 Å². The molecule has 1 saturated heterocycles. The Hall–Kier alpha value is -3.17. The number of carbonyl (C=O) groups is 2. The maximum Gasteiger partial charge on any atom is 0.306 e. The third-order valence-electron chi connectivity index (χ3n) is 12.0. The van der Waals surface area contributed by atoms with E-state index in [-0.39, 0.29) is 19.4 Å². The largest absolute Gasteiger partial charge is 0.462 e. The number of unbranched alkanes of at least 4 members (excludes halogenated alkanes) is 19. The number of rotatable bonds is 45. The first kappa shape index (κ1) is 64.8. The summed E-state index contributed by atoms with van der Waals surface area (Å²) >= 11 is 0. The van der Waals surface area contributed by atoms with Crippen molar-refractivity contribution in [3.05, 3.63) is 85.1 Å². The van der Waals surface area contributed by atoms with Gasteiger partial charge in [0.05, 0.1) is 6.61 Å². The molecule has 6 atom stereocenters. The van der Waals surface area contributed by atoms with Gasteiger partial charge in [0.25, 0.3) is 10.1 Å². The molecule has 0 amide bonds. The summed E-state index contributed by atoms with van der Waals surface area (Å²) in [5.74, 6) is -2.14. The van der Waals surface area contributed by atoms with E-state index in [4.69, 9.17) is 18.9 Å². The van der Waals surface area contributed by atoms with E-state index in [1.54, 1.807) is 0 Å². The summed E-state index contributed by atoms with van der Waals surface area (Å²) in [4.78, 5) is 25.5. The number of hydrogen-bond acceptors (Lipinski definition) is 11. The van der Waals surface area contributed by atoms with Gasteiger partial charge in [-0.2, -0.15) is 8.42 Å². The van der Waals surface area contributed by atoms with Gasteiger partial charge in [0, 0.05) is 12.8 Å². The third kappa shape index (κ3) is 39.4. The summed E-state index contributed by atoms with van der Waals surface area (Å²) in [6.07, 6.45) is 52.2. The van der Waals surface area contributed by atoms with Gasteiger partial charge in [-0.1, -0.05) is 208 Å². The number of ether oxygens (including phenoxy) is 4. The lowest BCUT2D eigenvalue weighted by Gasteiger charge is -2.40. The number of aliphatic hydroxyl groups is 3. The molecule has 13 heteroatoms. The zero-order valence-electron chi connectivity index (χ0n) is 43.3. The summed E-state index contributed by atoms with van der Waals surface area (Å²) in [7, 11) is -4.62. The summed E-state index contributed by atoms with van der Waals surface area (Å²) in [5, 5.41) is 31.0. The zero-order valence-corrected chi connectivity index (χ0v) is 44.2. The molecule has 1 rings (SSSR count). The van der Waals surface area contributed by atoms with E-state index in [0.29, 0.717) is 19.3 Å². The first-order valence-corrected chi connectivity index (χ1v) is 28.8. The number of carbonyl (C=O) groups excluding carboxylic acids is 2. The lowest BCUT2D eigenvalue weighted by Crippen LogP contribution is -2.60.